The summed E-state index contributed by atoms with van der Waals surface area (Å²) < 4.78 is 92.7. The van der Waals surface area contributed by atoms with Crippen molar-refractivity contribution in [2.24, 2.45) is 11.5 Å². The lowest BCUT2D eigenvalue weighted by atomic mass is 9.93. The van der Waals surface area contributed by atoms with Crippen LogP contribution in [0.15, 0.2) is 60.7 Å². The van der Waals surface area contributed by atoms with Gasteiger partial charge in [-0.15, -0.1) is 0 Å². The van der Waals surface area contributed by atoms with Gasteiger partial charge in [0.05, 0.1) is 42.3 Å². The average molecular weight is 908 g/mol. The molecule has 0 saturated carbocycles. The molecule has 12 nitrogen and oxygen atoms in total. The molecule has 0 fully saturated rings. The van der Waals surface area contributed by atoms with Crippen LogP contribution in [-0.4, -0.2) is 60.1 Å². The molecule has 22 heteroatoms. The minimum atomic E-state index is -5.16. The summed E-state index contributed by atoms with van der Waals surface area (Å²) in [7, 11) is 0. The van der Waals surface area contributed by atoms with Crippen molar-refractivity contribution in [3.63, 3.8) is 0 Å². The van der Waals surface area contributed by atoms with Crippen molar-refractivity contribution in [3.8, 4) is 28.1 Å². The van der Waals surface area contributed by atoms with Crippen LogP contribution in [0.2, 0.25) is 20.1 Å². The number of aliphatic carboxylic acids is 2. The summed E-state index contributed by atoms with van der Waals surface area (Å²) >= 11 is 25.1. The van der Waals surface area contributed by atoms with Crippen LogP contribution in [0.25, 0.3) is 44.1 Å². The zero-order valence-corrected chi connectivity index (χ0v) is 32.1. The van der Waals surface area contributed by atoms with Gasteiger partial charge in [0.15, 0.2) is 5.69 Å². The van der Waals surface area contributed by atoms with Crippen LogP contribution in [0.3, 0.4) is 0 Å². The van der Waals surface area contributed by atoms with Crippen LogP contribution in [0, 0.1) is 0 Å². The second-order valence-electron chi connectivity index (χ2n) is 13.0. The molecule has 2 unspecified atom stereocenters. The van der Waals surface area contributed by atoms with E-state index in [1.165, 1.54) is 24.3 Å². The normalized spacial score (nSPS) is 13.2. The monoisotopic (exact) mass is 906 g/mol. The van der Waals surface area contributed by atoms with Crippen molar-refractivity contribution in [1.29, 1.82) is 0 Å². The van der Waals surface area contributed by atoms with E-state index in [1.54, 1.807) is 0 Å². The molecule has 6 aromatic rings. The standard InChI is InChI=1S/C37H24Cl4F6N4O8/c38-21-3-1-13(7-23(48)33(52)53)29(31(21)40)15-5-19(36(42,43)44)17-11-27(50(57)25(17)9-15)35(56)59-28-12-18-20(37(45,46)47)6-16(10-26(18)51(28)58)30-14(8-24(49)34(54)55)2-4-22(39)32(30)41/h1-6,9-12,23-24,57-58H,7-8,48-49H2,(H,52,53)(H,54,55). The lowest BCUT2D eigenvalue weighted by Crippen LogP contribution is -2.32. The van der Waals surface area contributed by atoms with Crippen LogP contribution in [-0.2, 0) is 34.8 Å². The highest BCUT2D eigenvalue weighted by atomic mass is 35.5. The molecule has 310 valence electrons. The first kappa shape index (κ1) is 43.2. The Labute approximate surface area is 346 Å². The number of rotatable bonds is 10. The van der Waals surface area contributed by atoms with Crippen LogP contribution in [0.1, 0.15) is 32.7 Å². The number of ether oxygens (including phenoxy) is 1. The second kappa shape index (κ2) is 15.7. The molecular formula is C37H24Cl4F6N4O8. The Morgan fingerprint density at radius 3 is 1.46 bits per heavy atom. The number of hydrogen-bond donors (Lipinski definition) is 6. The number of carboxylic acid groups (broad SMARTS) is 2. The lowest BCUT2D eigenvalue weighted by Gasteiger charge is -2.17. The molecule has 0 saturated heterocycles. The number of carbonyl (C=O) groups is 3. The van der Waals surface area contributed by atoms with Crippen LogP contribution >= 0.6 is 46.4 Å². The van der Waals surface area contributed by atoms with Crippen molar-refractivity contribution in [3.05, 3.63) is 109 Å². The Bertz CT molecular complexity index is 2730. The maximum Gasteiger partial charge on any atom is 0.417 e. The fourth-order valence-corrected chi connectivity index (χ4v) is 7.38. The van der Waals surface area contributed by atoms with Gasteiger partial charge in [0, 0.05) is 28.0 Å². The molecule has 0 bridgehead atoms. The highest BCUT2D eigenvalue weighted by Crippen LogP contribution is 2.46. The molecule has 6 rings (SSSR count). The number of carboxylic acids is 2. The first-order chi connectivity index (χ1) is 27.4. The largest absolute Gasteiger partial charge is 0.480 e. The summed E-state index contributed by atoms with van der Waals surface area (Å²) in [5, 5.41) is 38.5. The Hall–Kier alpha value is -5.37. The lowest BCUT2D eigenvalue weighted by molar-refractivity contribution is -0.139. The first-order valence-corrected chi connectivity index (χ1v) is 18.0. The zero-order chi connectivity index (χ0) is 43.6. The fourth-order valence-electron chi connectivity index (χ4n) is 6.48. The smallest absolute Gasteiger partial charge is 0.417 e. The molecule has 59 heavy (non-hydrogen) atoms. The number of carbonyl (C=O) groups excluding carboxylic acids is 1. The SMILES string of the molecule is NC(Cc1ccc(Cl)c(Cl)c1-c1cc(C(F)(F)F)c2cc(OC(=O)c3cc4c(C(F)(F)F)cc(-c5c(CC(N)C(=O)O)ccc(Cl)c5Cl)cc4n3O)n(O)c2c1)C(=O)O. The van der Waals surface area contributed by atoms with E-state index in [9.17, 15) is 61.4 Å². The summed E-state index contributed by atoms with van der Waals surface area (Å²) in [4.78, 5) is 36.5. The van der Waals surface area contributed by atoms with Crippen molar-refractivity contribution in [2.45, 2.75) is 37.3 Å². The van der Waals surface area contributed by atoms with E-state index < -0.39 is 99.7 Å². The molecule has 8 N–H and O–H groups in total. The number of nitrogens with zero attached hydrogens (tertiary/aromatic N) is 2. The number of hydrogen-bond acceptors (Lipinski definition) is 8. The Morgan fingerprint density at radius 2 is 1.05 bits per heavy atom. The maximum absolute atomic E-state index is 14.6. The molecule has 2 aromatic heterocycles. The van der Waals surface area contributed by atoms with E-state index in [-0.39, 0.29) is 62.9 Å². The minimum absolute atomic E-state index is 0.00559. The fraction of sp³-hybridized carbons (Fsp3) is 0.162. The quantitative estimate of drug-likeness (QED) is 0.0437. The number of halogens is 10. The number of alkyl halides is 6. The van der Waals surface area contributed by atoms with Crippen molar-refractivity contribution in [1.82, 2.24) is 9.46 Å². The van der Waals surface area contributed by atoms with E-state index in [2.05, 4.69) is 0 Å². The van der Waals surface area contributed by atoms with E-state index in [1.807, 2.05) is 0 Å². The van der Waals surface area contributed by atoms with Gasteiger partial charge in [0.25, 0.3) is 0 Å². The van der Waals surface area contributed by atoms with Gasteiger partial charge in [-0.2, -0.15) is 35.8 Å². The summed E-state index contributed by atoms with van der Waals surface area (Å²) in [5.74, 6) is -5.50. The van der Waals surface area contributed by atoms with Crippen molar-refractivity contribution >= 4 is 86.1 Å². The Kier molecular flexibility index (Phi) is 11.5. The van der Waals surface area contributed by atoms with Gasteiger partial charge in [-0.25, -0.2) is 4.79 Å². The second-order valence-corrected chi connectivity index (χ2v) is 14.6. The molecular weight excluding hydrogens is 884 g/mol. The summed E-state index contributed by atoms with van der Waals surface area (Å²) in [6.45, 7) is 0. The highest BCUT2D eigenvalue weighted by Gasteiger charge is 2.38. The van der Waals surface area contributed by atoms with E-state index in [4.69, 9.17) is 62.6 Å². The maximum atomic E-state index is 14.6. The summed E-state index contributed by atoms with van der Waals surface area (Å²) in [6, 6.07) is 6.50. The third-order valence-corrected chi connectivity index (χ3v) is 10.8. The average Bonchev–Trinajstić information content (AvgIpc) is 3.64. The van der Waals surface area contributed by atoms with E-state index in [0.29, 0.717) is 24.3 Å². The molecule has 2 atom stereocenters. The molecule has 0 aliphatic carbocycles. The molecule has 0 aliphatic heterocycles. The predicted octanol–water partition coefficient (Wildman–Crippen LogP) is 9.18. The van der Waals surface area contributed by atoms with Gasteiger partial charge in [-0.1, -0.05) is 58.5 Å². The van der Waals surface area contributed by atoms with Crippen LogP contribution in [0.4, 0.5) is 26.3 Å². The van der Waals surface area contributed by atoms with Gasteiger partial charge in [-0.3, -0.25) is 9.59 Å². The Morgan fingerprint density at radius 1 is 0.644 bits per heavy atom. The molecule has 2 heterocycles. The number of fused-ring (bicyclic) bond motifs is 2. The highest BCUT2D eigenvalue weighted by molar-refractivity contribution is 6.44. The first-order valence-electron chi connectivity index (χ1n) is 16.5. The van der Waals surface area contributed by atoms with Crippen LogP contribution in [0.5, 0.6) is 5.88 Å². The van der Waals surface area contributed by atoms with E-state index >= 15 is 0 Å². The minimum Gasteiger partial charge on any atom is -0.480 e. The summed E-state index contributed by atoms with van der Waals surface area (Å²) in [6.07, 6.45) is -11.1. The van der Waals surface area contributed by atoms with E-state index in [0.717, 1.165) is 12.1 Å². The van der Waals surface area contributed by atoms with Gasteiger partial charge in [-0.05, 0) is 77.6 Å². The van der Waals surface area contributed by atoms with Crippen molar-refractivity contribution in [2.75, 3.05) is 0 Å². The number of benzene rings is 4. The number of aromatic nitrogens is 2. The van der Waals surface area contributed by atoms with Gasteiger partial charge >= 0.3 is 30.3 Å². The molecule has 0 spiro atoms. The zero-order valence-electron chi connectivity index (χ0n) is 29.1. The number of nitrogens with two attached hydrogens (primary N) is 2. The third-order valence-electron chi connectivity index (χ3n) is 9.23. The molecule has 0 aliphatic rings. The van der Waals surface area contributed by atoms with Gasteiger partial charge in [0.1, 0.15) is 12.1 Å². The molecule has 0 amide bonds. The van der Waals surface area contributed by atoms with Crippen LogP contribution < -0.4 is 16.2 Å². The third kappa shape index (κ3) is 8.15. The summed E-state index contributed by atoms with van der Waals surface area (Å²) in [5.41, 5.74) is 5.40. The van der Waals surface area contributed by atoms with Crippen molar-refractivity contribution < 1.29 is 66.1 Å². The number of esters is 1. The van der Waals surface area contributed by atoms with Gasteiger partial charge in [0.2, 0.25) is 5.88 Å². The molecule has 4 aromatic carbocycles. The predicted molar refractivity (Wildman–Crippen MR) is 203 cm³/mol. The topological polar surface area (TPSA) is 203 Å². The molecule has 0 radical (unpaired) electrons. The van der Waals surface area contributed by atoms with Gasteiger partial charge < -0.3 is 36.8 Å². The Balaban J connectivity index is 1.48.